The van der Waals surface area contributed by atoms with Crippen LogP contribution in [-0.2, 0) is 30.8 Å². The van der Waals surface area contributed by atoms with Crippen molar-refractivity contribution in [1.29, 1.82) is 5.26 Å². The predicted octanol–water partition coefficient (Wildman–Crippen LogP) is 5.74. The molecule has 1 aliphatic carbocycles. The fraction of sp³-hybridized carbons (Fsp3) is 0.355. The third-order valence-electron chi connectivity index (χ3n) is 7.65. The highest BCUT2D eigenvalue weighted by molar-refractivity contribution is 5.74. The lowest BCUT2D eigenvalue weighted by molar-refractivity contribution is -0.144. The number of nitriles is 1. The quantitative estimate of drug-likeness (QED) is 0.428. The van der Waals surface area contributed by atoms with Crippen molar-refractivity contribution in [2.24, 2.45) is 0 Å². The summed E-state index contributed by atoms with van der Waals surface area (Å²) in [5.74, 6) is 0.778. The highest BCUT2D eigenvalue weighted by Crippen LogP contribution is 2.41. The first-order valence-electron chi connectivity index (χ1n) is 13.0. The highest BCUT2D eigenvalue weighted by atomic mass is 16.5. The Morgan fingerprint density at radius 1 is 1.05 bits per heavy atom. The third-order valence-corrected chi connectivity index (χ3v) is 7.65. The first-order chi connectivity index (χ1) is 18.1. The van der Waals surface area contributed by atoms with Crippen molar-refractivity contribution < 1.29 is 19.4 Å². The first kappa shape index (κ1) is 24.9. The molecule has 190 valence electrons. The summed E-state index contributed by atoms with van der Waals surface area (Å²) in [7, 11) is 1.66. The summed E-state index contributed by atoms with van der Waals surface area (Å²) in [4.78, 5) is 13.9. The molecule has 1 N–H and O–H groups in total. The van der Waals surface area contributed by atoms with E-state index in [-0.39, 0.29) is 6.61 Å². The highest BCUT2D eigenvalue weighted by Gasteiger charge is 2.31. The van der Waals surface area contributed by atoms with Crippen LogP contribution in [0.15, 0.2) is 54.6 Å². The van der Waals surface area contributed by atoms with Gasteiger partial charge in [-0.2, -0.15) is 5.26 Å². The number of carbonyl (C=O) groups is 1. The van der Waals surface area contributed by atoms with Gasteiger partial charge < -0.3 is 14.6 Å². The van der Waals surface area contributed by atoms with Gasteiger partial charge in [0.05, 0.1) is 12.7 Å². The van der Waals surface area contributed by atoms with E-state index >= 15 is 0 Å². The van der Waals surface area contributed by atoms with Crippen molar-refractivity contribution in [3.63, 3.8) is 0 Å². The van der Waals surface area contributed by atoms with Gasteiger partial charge in [-0.15, -0.1) is 0 Å². The maximum absolute atomic E-state index is 11.9. The van der Waals surface area contributed by atoms with Gasteiger partial charge in [0, 0.05) is 23.7 Å². The normalized spacial score (nSPS) is 17.1. The molecule has 1 saturated heterocycles. The van der Waals surface area contributed by atoms with Gasteiger partial charge in [0.25, 0.3) is 0 Å². The van der Waals surface area contributed by atoms with Gasteiger partial charge in [0.2, 0.25) is 0 Å². The van der Waals surface area contributed by atoms with Gasteiger partial charge in [-0.1, -0.05) is 55.0 Å². The largest absolute Gasteiger partial charge is 0.496 e. The molecule has 5 rings (SSSR count). The SMILES string of the molecule is COc1cc(OCc2cccc(-c3ccccc3)c2C#N)c2c(c1CN1CCCCC1C(=O)O)CCC2. The number of hydrogen-bond donors (Lipinski definition) is 1. The Bertz CT molecular complexity index is 1330. The summed E-state index contributed by atoms with van der Waals surface area (Å²) >= 11 is 0. The van der Waals surface area contributed by atoms with Crippen molar-refractivity contribution >= 4 is 5.97 Å². The molecule has 0 saturated carbocycles. The Hall–Kier alpha value is -3.82. The molecule has 2 aliphatic rings. The molecule has 3 aromatic carbocycles. The van der Waals surface area contributed by atoms with Gasteiger partial charge in [-0.25, -0.2) is 0 Å². The summed E-state index contributed by atoms with van der Waals surface area (Å²) in [6, 6.07) is 19.7. The van der Waals surface area contributed by atoms with E-state index in [1.54, 1.807) is 7.11 Å². The lowest BCUT2D eigenvalue weighted by atomic mass is 9.96. The van der Waals surface area contributed by atoms with Crippen molar-refractivity contribution in [1.82, 2.24) is 4.90 Å². The number of nitrogens with zero attached hydrogens (tertiary/aromatic N) is 2. The number of rotatable bonds is 8. The monoisotopic (exact) mass is 496 g/mol. The topological polar surface area (TPSA) is 82.8 Å². The number of benzene rings is 3. The first-order valence-corrected chi connectivity index (χ1v) is 13.0. The minimum atomic E-state index is -0.749. The number of piperidine rings is 1. The third kappa shape index (κ3) is 5.05. The van der Waals surface area contributed by atoms with E-state index in [4.69, 9.17) is 9.47 Å². The lowest BCUT2D eigenvalue weighted by Gasteiger charge is -2.34. The van der Waals surface area contributed by atoms with Gasteiger partial charge in [0.15, 0.2) is 0 Å². The van der Waals surface area contributed by atoms with Crippen LogP contribution in [0.5, 0.6) is 11.5 Å². The lowest BCUT2D eigenvalue weighted by Crippen LogP contribution is -2.44. The van der Waals surface area contributed by atoms with E-state index in [2.05, 4.69) is 11.0 Å². The maximum Gasteiger partial charge on any atom is 0.320 e. The van der Waals surface area contributed by atoms with Crippen LogP contribution in [0.2, 0.25) is 0 Å². The molecule has 0 amide bonds. The minimum Gasteiger partial charge on any atom is -0.496 e. The van der Waals surface area contributed by atoms with Crippen LogP contribution in [0.25, 0.3) is 11.1 Å². The molecule has 1 fully saturated rings. The van der Waals surface area contributed by atoms with Crippen LogP contribution in [0.4, 0.5) is 0 Å². The van der Waals surface area contributed by atoms with Crippen LogP contribution < -0.4 is 9.47 Å². The minimum absolute atomic E-state index is 0.283. The maximum atomic E-state index is 11.9. The van der Waals surface area contributed by atoms with Crippen LogP contribution >= 0.6 is 0 Å². The zero-order chi connectivity index (χ0) is 25.8. The second kappa shape index (κ2) is 11.1. The van der Waals surface area contributed by atoms with Gasteiger partial charge in [-0.05, 0) is 60.9 Å². The molecular weight excluding hydrogens is 464 g/mol. The Morgan fingerprint density at radius 2 is 1.86 bits per heavy atom. The van der Waals surface area contributed by atoms with Crippen molar-refractivity contribution in [2.45, 2.75) is 57.7 Å². The summed E-state index contributed by atoms with van der Waals surface area (Å²) in [5.41, 5.74) is 6.86. The van der Waals surface area contributed by atoms with E-state index < -0.39 is 12.0 Å². The zero-order valence-electron chi connectivity index (χ0n) is 21.2. The summed E-state index contributed by atoms with van der Waals surface area (Å²) in [5, 5.41) is 19.7. The predicted molar refractivity (Wildman–Crippen MR) is 142 cm³/mol. The van der Waals surface area contributed by atoms with Gasteiger partial charge >= 0.3 is 5.97 Å². The van der Waals surface area contributed by atoms with Crippen LogP contribution in [0, 0.1) is 11.3 Å². The van der Waals surface area contributed by atoms with E-state index in [0.717, 1.165) is 72.4 Å². The zero-order valence-corrected chi connectivity index (χ0v) is 21.2. The number of aliphatic carboxylic acids is 1. The average molecular weight is 497 g/mol. The number of ether oxygens (including phenoxy) is 2. The molecule has 1 heterocycles. The molecular formula is C31H32N2O4. The molecule has 1 atom stereocenters. The molecule has 0 bridgehead atoms. The van der Waals surface area contributed by atoms with Crippen LogP contribution in [-0.4, -0.2) is 35.7 Å². The van der Waals surface area contributed by atoms with Crippen molar-refractivity contribution in [3.05, 3.63) is 82.4 Å². The molecule has 0 aromatic heterocycles. The Labute approximate surface area is 218 Å². The number of fused-ring (bicyclic) bond motifs is 1. The smallest absolute Gasteiger partial charge is 0.320 e. The van der Waals surface area contributed by atoms with E-state index in [1.807, 2.05) is 54.6 Å². The molecule has 0 radical (unpaired) electrons. The average Bonchev–Trinajstić information content (AvgIpc) is 3.43. The molecule has 3 aromatic rings. The van der Waals surface area contributed by atoms with Crippen molar-refractivity contribution in [2.75, 3.05) is 13.7 Å². The fourth-order valence-electron chi connectivity index (χ4n) is 5.80. The number of carboxylic acid groups (broad SMARTS) is 1. The number of likely N-dealkylation sites (tertiary alicyclic amines) is 1. The molecule has 1 aliphatic heterocycles. The van der Waals surface area contributed by atoms with Gasteiger partial charge in [0.1, 0.15) is 30.2 Å². The Balaban J connectivity index is 1.43. The number of hydrogen-bond acceptors (Lipinski definition) is 5. The van der Waals surface area contributed by atoms with E-state index in [9.17, 15) is 15.2 Å². The molecule has 6 heteroatoms. The van der Waals surface area contributed by atoms with Crippen molar-refractivity contribution in [3.8, 4) is 28.7 Å². The standard InChI is InChI=1S/C31H32N2O4/c1-36-29-17-30(37-20-22-11-7-12-23(26(22)18-32)21-9-3-2-4-10-21)25-14-8-13-24(25)27(29)19-33-16-6-5-15-28(33)31(34)35/h2-4,7,9-12,17,28H,5-6,8,13-16,19-20H2,1H3,(H,34,35). The number of carboxylic acids is 1. The van der Waals surface area contributed by atoms with E-state index in [1.165, 1.54) is 11.1 Å². The molecule has 0 spiro atoms. The number of methoxy groups -OCH3 is 1. The molecule has 1 unspecified atom stereocenters. The van der Waals surface area contributed by atoms with Crippen LogP contribution in [0.1, 0.15) is 53.5 Å². The molecule has 6 nitrogen and oxygen atoms in total. The summed E-state index contributed by atoms with van der Waals surface area (Å²) < 4.78 is 12.2. The summed E-state index contributed by atoms with van der Waals surface area (Å²) in [6.45, 7) is 1.63. The second-order valence-corrected chi connectivity index (χ2v) is 9.79. The molecule has 37 heavy (non-hydrogen) atoms. The Morgan fingerprint density at radius 3 is 2.62 bits per heavy atom. The van der Waals surface area contributed by atoms with E-state index in [0.29, 0.717) is 18.5 Å². The Kier molecular flexibility index (Phi) is 7.43. The van der Waals surface area contributed by atoms with Gasteiger partial charge in [-0.3, -0.25) is 9.69 Å². The summed E-state index contributed by atoms with van der Waals surface area (Å²) in [6.07, 6.45) is 5.52. The fourth-order valence-corrected chi connectivity index (χ4v) is 5.80. The van der Waals surface area contributed by atoms with Crippen LogP contribution in [0.3, 0.4) is 0 Å². The second-order valence-electron chi connectivity index (χ2n) is 9.79.